The predicted octanol–water partition coefficient (Wildman–Crippen LogP) is 5.48. The molecule has 3 rings (SSSR count). The van der Waals surface area contributed by atoms with Gasteiger partial charge in [-0.3, -0.25) is 0 Å². The van der Waals surface area contributed by atoms with E-state index in [1.807, 2.05) is 0 Å². The normalized spacial score (nSPS) is 25.0. The highest BCUT2D eigenvalue weighted by atomic mass is 35.5. The average Bonchev–Trinajstić information content (AvgIpc) is 2.47. The number of alkyl halides is 2. The molecule has 1 saturated heterocycles. The molecule has 0 amide bonds. The van der Waals surface area contributed by atoms with Crippen molar-refractivity contribution in [2.45, 2.75) is 67.8 Å². The van der Waals surface area contributed by atoms with Gasteiger partial charge in [-0.15, -0.1) is 24.8 Å². The monoisotopic (exact) mass is 416 g/mol. The smallest absolute Gasteiger partial charge is 0.289 e. The molecule has 2 nitrogen and oxygen atoms in total. The molecule has 1 saturated carbocycles. The summed E-state index contributed by atoms with van der Waals surface area (Å²) in [6.07, 6.45) is 4.62. The minimum absolute atomic E-state index is 0. The first-order valence-corrected chi connectivity index (χ1v) is 9.02. The molecule has 2 aliphatic rings. The van der Waals surface area contributed by atoms with Gasteiger partial charge in [0.2, 0.25) is 0 Å². The maximum absolute atomic E-state index is 14.2. The maximum atomic E-state index is 14.2. The molecule has 8 heteroatoms. The van der Waals surface area contributed by atoms with Crippen molar-refractivity contribution in [2.24, 2.45) is 0 Å². The zero-order valence-corrected chi connectivity index (χ0v) is 16.8. The van der Waals surface area contributed by atoms with Crippen molar-refractivity contribution in [3.05, 3.63) is 24.0 Å². The van der Waals surface area contributed by atoms with Gasteiger partial charge in [0.15, 0.2) is 0 Å². The van der Waals surface area contributed by atoms with Crippen LogP contribution < -0.4 is 10.2 Å². The summed E-state index contributed by atoms with van der Waals surface area (Å²) in [6, 6.07) is 5.43. The molecule has 0 unspecified atom stereocenters. The quantitative estimate of drug-likeness (QED) is 0.656. The third-order valence-electron chi connectivity index (χ3n) is 4.73. The Labute approximate surface area is 164 Å². The number of fused-ring (bicyclic) bond motifs is 1. The topological polar surface area (TPSA) is 15.3 Å². The van der Waals surface area contributed by atoms with Gasteiger partial charge in [-0.05, 0) is 44.9 Å². The van der Waals surface area contributed by atoms with Crippen molar-refractivity contribution in [3.63, 3.8) is 0 Å². The molecule has 1 aliphatic heterocycles. The maximum Gasteiger partial charge on any atom is 0.289 e. The second kappa shape index (κ2) is 9.07. The molecular formula is C17H25Cl2F3N2S. The molecule has 2 fully saturated rings. The molecule has 2 atom stereocenters. The molecule has 144 valence electrons. The van der Waals surface area contributed by atoms with E-state index in [4.69, 9.17) is 0 Å². The van der Waals surface area contributed by atoms with Gasteiger partial charge in [-0.2, -0.15) is 8.78 Å². The van der Waals surface area contributed by atoms with E-state index in [1.165, 1.54) is 25.0 Å². The van der Waals surface area contributed by atoms with Crippen LogP contribution in [0.2, 0.25) is 0 Å². The van der Waals surface area contributed by atoms with E-state index in [9.17, 15) is 13.2 Å². The summed E-state index contributed by atoms with van der Waals surface area (Å²) in [7, 11) is 0. The van der Waals surface area contributed by atoms with Gasteiger partial charge in [-0.1, -0.05) is 24.6 Å². The van der Waals surface area contributed by atoms with Crippen molar-refractivity contribution in [1.29, 1.82) is 0 Å². The molecule has 25 heavy (non-hydrogen) atoms. The number of hydrogen-bond donors (Lipinski definition) is 1. The second-order valence-corrected chi connectivity index (χ2v) is 8.14. The van der Waals surface area contributed by atoms with Crippen molar-refractivity contribution in [3.8, 4) is 0 Å². The Balaban J connectivity index is 0.00000156. The number of benzene rings is 1. The lowest BCUT2D eigenvalue weighted by Gasteiger charge is -2.52. The van der Waals surface area contributed by atoms with Crippen LogP contribution in [0.5, 0.6) is 0 Å². The number of nitrogens with one attached hydrogen (secondary N) is 1. The van der Waals surface area contributed by atoms with Crippen LogP contribution in [-0.4, -0.2) is 29.9 Å². The van der Waals surface area contributed by atoms with Gasteiger partial charge in [0.25, 0.3) is 5.76 Å². The first-order chi connectivity index (χ1) is 10.9. The fourth-order valence-electron chi connectivity index (χ4n) is 3.89. The molecule has 1 heterocycles. The molecular weight excluding hydrogens is 392 g/mol. The van der Waals surface area contributed by atoms with Crippen molar-refractivity contribution < 1.29 is 13.2 Å². The highest BCUT2D eigenvalue weighted by Crippen LogP contribution is 2.36. The number of thioether (sulfide) groups is 1. The third-order valence-corrected chi connectivity index (χ3v) is 5.50. The Hall–Kier alpha value is -0.300. The lowest BCUT2D eigenvalue weighted by molar-refractivity contribution is 0.199. The van der Waals surface area contributed by atoms with Crippen LogP contribution in [0.4, 0.5) is 18.9 Å². The van der Waals surface area contributed by atoms with Crippen molar-refractivity contribution >= 4 is 42.3 Å². The molecule has 1 aromatic carbocycles. The Kier molecular flexibility index (Phi) is 8.25. The summed E-state index contributed by atoms with van der Waals surface area (Å²) in [4.78, 5) is 2.28. The van der Waals surface area contributed by atoms with E-state index in [2.05, 4.69) is 24.1 Å². The summed E-state index contributed by atoms with van der Waals surface area (Å²) < 4.78 is 39.1. The lowest BCUT2D eigenvalue weighted by Crippen LogP contribution is -2.67. The van der Waals surface area contributed by atoms with Crippen LogP contribution in [0.25, 0.3) is 0 Å². The Morgan fingerprint density at radius 2 is 1.88 bits per heavy atom. The second-order valence-electron chi connectivity index (χ2n) is 7.11. The number of rotatable bonds is 3. The zero-order chi connectivity index (χ0) is 16.6. The van der Waals surface area contributed by atoms with Crippen LogP contribution in [-0.2, 0) is 0 Å². The first kappa shape index (κ1) is 22.7. The van der Waals surface area contributed by atoms with Gasteiger partial charge in [0, 0.05) is 34.8 Å². The van der Waals surface area contributed by atoms with Gasteiger partial charge in [0.05, 0.1) is 0 Å². The van der Waals surface area contributed by atoms with Gasteiger partial charge >= 0.3 is 0 Å². The van der Waals surface area contributed by atoms with Crippen LogP contribution in [0, 0.1) is 5.82 Å². The largest absolute Gasteiger partial charge is 0.365 e. The first-order valence-electron chi connectivity index (χ1n) is 8.14. The predicted molar refractivity (Wildman–Crippen MR) is 103 cm³/mol. The van der Waals surface area contributed by atoms with Crippen LogP contribution >= 0.6 is 36.6 Å². The van der Waals surface area contributed by atoms with Gasteiger partial charge in [-0.25, -0.2) is 4.39 Å². The molecule has 0 spiro atoms. The fourth-order valence-corrected chi connectivity index (χ4v) is 4.40. The van der Waals surface area contributed by atoms with E-state index >= 15 is 0 Å². The molecule has 0 aromatic heterocycles. The van der Waals surface area contributed by atoms with Crippen LogP contribution in [0.3, 0.4) is 0 Å². The number of hydrogen-bond acceptors (Lipinski definition) is 3. The van der Waals surface area contributed by atoms with Crippen LogP contribution in [0.15, 0.2) is 23.1 Å². The standard InChI is InChI=1S/C17H23F3N2S.2ClH/c1-17(2)10-22(14-6-4-3-5-13(14)21-17)11-7-8-15(12(18)9-11)23-16(19)20;;/h7-9,13-14,16,21H,3-6,10H2,1-2H3;2*1H/t13-,14-;;/m1../s1. The Morgan fingerprint density at radius 3 is 2.52 bits per heavy atom. The molecule has 0 bridgehead atoms. The minimum Gasteiger partial charge on any atom is -0.365 e. The molecule has 0 radical (unpaired) electrons. The number of nitrogens with zero attached hydrogens (tertiary/aromatic N) is 1. The molecule has 1 aliphatic carbocycles. The summed E-state index contributed by atoms with van der Waals surface area (Å²) in [5.41, 5.74) is 0.748. The number of anilines is 1. The Morgan fingerprint density at radius 1 is 1.20 bits per heavy atom. The van der Waals surface area contributed by atoms with E-state index in [0.717, 1.165) is 25.1 Å². The van der Waals surface area contributed by atoms with Crippen LogP contribution in [0.1, 0.15) is 39.5 Å². The number of piperazine rings is 1. The van der Waals surface area contributed by atoms with E-state index in [0.29, 0.717) is 12.1 Å². The summed E-state index contributed by atoms with van der Waals surface area (Å²) in [6.45, 7) is 5.10. The van der Waals surface area contributed by atoms with E-state index in [-0.39, 0.29) is 47.0 Å². The third kappa shape index (κ3) is 5.34. The summed E-state index contributed by atoms with van der Waals surface area (Å²) in [5, 5.41) is 3.71. The van der Waals surface area contributed by atoms with Crippen molar-refractivity contribution in [2.75, 3.05) is 11.4 Å². The number of halogens is 5. The zero-order valence-electron chi connectivity index (χ0n) is 14.3. The SMILES string of the molecule is CC1(C)CN(c2ccc(SC(F)F)c(F)c2)[C@@H]2CCCC[C@H]2N1.Cl.Cl. The highest BCUT2D eigenvalue weighted by molar-refractivity contribution is 7.99. The van der Waals surface area contributed by atoms with Gasteiger partial charge < -0.3 is 10.2 Å². The fraction of sp³-hybridized carbons (Fsp3) is 0.647. The average molecular weight is 417 g/mol. The molecule has 1 aromatic rings. The lowest BCUT2D eigenvalue weighted by atomic mass is 9.83. The highest BCUT2D eigenvalue weighted by Gasteiger charge is 2.40. The molecule has 1 N–H and O–H groups in total. The summed E-state index contributed by atoms with van der Waals surface area (Å²) in [5.74, 6) is -3.16. The van der Waals surface area contributed by atoms with E-state index < -0.39 is 11.6 Å². The van der Waals surface area contributed by atoms with E-state index in [1.54, 1.807) is 6.07 Å². The van der Waals surface area contributed by atoms with Crippen molar-refractivity contribution in [1.82, 2.24) is 5.32 Å². The minimum atomic E-state index is -2.60. The summed E-state index contributed by atoms with van der Waals surface area (Å²) >= 11 is 0.264. The Bertz CT molecular complexity index is 575. The van der Waals surface area contributed by atoms with Gasteiger partial charge in [0.1, 0.15) is 5.82 Å².